The van der Waals surface area contributed by atoms with Crippen molar-refractivity contribution in [3.8, 4) is 0 Å². The minimum atomic E-state index is -4.20. The standard InChI is InChI=1S/C29H29Cl2FN8O7P2S4.C20H22FN9O9P2S3/c1-13-22-28(40-12-36-21-25(40)37-10-38(3)26(21)41)44-29(13)47-48(50,51)45-23-18(7-42-49(52,46-22)53-8-15-4-5-16(30)6-17(15)31)43-27(19(23)32)39-11-35-20-14(2)33-9-34-24(20)39;1-28-4-27-16-10(17(28)32)26-6-30(16)19-13-11(31)20(36-19)39-41(43,44)38-12-7(2-34-40(33,42)37-13)35-18(8(12)21)29-5-25-9-14(22)23-3-24-15(9)29/h4-6,9-13,18-19,22-23,27-29H,7-8H2,1-3H3,(H,50,51);3-8,11-13,18-20,31H,2H2,1H3,(H,33,42)(H,43,44)(H2,22,23,24)/t13-,18+,19+,22+,23+,27+,28+,29+,49?;7-,8-,11+,12-,13-,18-,19-,20-,40?/m01/s1. The number of aliphatic hydroxyl groups excluding tert-OH is 1. The van der Waals surface area contributed by atoms with Gasteiger partial charge in [-0.15, -0.1) is 0 Å². The summed E-state index contributed by atoms with van der Waals surface area (Å²) in [5.74, 6) is -0.209. The van der Waals surface area contributed by atoms with E-state index in [0.29, 0.717) is 26.9 Å². The number of benzene rings is 1. The minimum Gasteiger partial charge on any atom is -0.385 e. The number of imidazole rings is 4. The van der Waals surface area contributed by atoms with Crippen LogP contribution in [0.1, 0.15) is 43.1 Å². The number of hydrogen-bond donors (Lipinski definition) is 5. The molecule has 0 radical (unpaired) electrons. The van der Waals surface area contributed by atoms with Crippen molar-refractivity contribution in [2.45, 2.75) is 112 Å². The first kappa shape index (κ1) is 70.4. The van der Waals surface area contributed by atoms with Gasteiger partial charge in [-0.25, -0.2) is 58.6 Å². The lowest BCUT2D eigenvalue weighted by Crippen LogP contribution is -2.37. The number of rotatable bonds is 7. The molecule has 0 amide bonds. The summed E-state index contributed by atoms with van der Waals surface area (Å²) in [5, 5.41) is 12.1. The van der Waals surface area contributed by atoms with Gasteiger partial charge in [-0.3, -0.25) is 41.4 Å². The number of thiol groups is 2. The lowest BCUT2D eigenvalue weighted by Gasteiger charge is -2.32. The number of nitrogens with zero attached hydrogens (tertiary/aromatic N) is 16. The van der Waals surface area contributed by atoms with Crippen LogP contribution < -0.4 is 16.9 Å². The highest BCUT2D eigenvalue weighted by Crippen LogP contribution is 2.68. The lowest BCUT2D eigenvalue weighted by atomic mass is 10.1. The van der Waals surface area contributed by atoms with Gasteiger partial charge < -0.3 is 66.4 Å². The zero-order chi connectivity index (χ0) is 68.5. The Hall–Kier alpha value is -3.65. The van der Waals surface area contributed by atoms with Gasteiger partial charge in [-0.1, -0.05) is 72.1 Å². The summed E-state index contributed by atoms with van der Waals surface area (Å²) in [6.45, 7) is -1.38. The maximum atomic E-state index is 16.7. The molecule has 14 heterocycles. The molecule has 4 unspecified atom stereocenters. The molecule has 6 fully saturated rings. The third-order valence-electron chi connectivity index (χ3n) is 16.2. The molecule has 518 valence electrons. The molecule has 4 bridgehead atoms. The van der Waals surface area contributed by atoms with E-state index in [1.165, 1.54) is 91.9 Å². The number of anilines is 1. The molecule has 1 aromatic carbocycles. The number of aromatic nitrogens is 16. The average Bonchev–Trinajstić information content (AvgIpc) is 1.62. The zero-order valence-electron chi connectivity index (χ0n) is 49.8. The number of fused-ring (bicyclic) bond motifs is 10. The van der Waals surface area contributed by atoms with Crippen LogP contribution >= 0.6 is 82.9 Å². The fourth-order valence-corrected chi connectivity index (χ4v) is 22.2. The predicted molar refractivity (Wildman–Crippen MR) is 365 cm³/mol. The van der Waals surface area contributed by atoms with Crippen LogP contribution in [0.15, 0.2) is 78.4 Å². The Labute approximate surface area is 589 Å². The molecule has 97 heavy (non-hydrogen) atoms. The van der Waals surface area contributed by atoms with E-state index in [-0.39, 0.29) is 57.2 Å². The van der Waals surface area contributed by atoms with E-state index in [2.05, 4.69) is 74.3 Å². The van der Waals surface area contributed by atoms with Crippen molar-refractivity contribution in [1.82, 2.24) is 77.2 Å². The van der Waals surface area contributed by atoms with E-state index in [1.807, 2.05) is 6.92 Å². The molecule has 0 spiro atoms. The first-order valence-electron chi connectivity index (χ1n) is 28.5. The molecule has 8 aromatic heterocycles. The van der Waals surface area contributed by atoms with Crippen molar-refractivity contribution in [3.05, 3.63) is 111 Å². The molecule has 4 N–H and O–H groups in total. The number of nitrogen functional groups attached to an aromatic ring is 1. The first-order chi connectivity index (χ1) is 46.0. The molecule has 0 saturated carbocycles. The van der Waals surface area contributed by atoms with Crippen LogP contribution in [-0.4, -0.2) is 168 Å². The van der Waals surface area contributed by atoms with Gasteiger partial charge in [-0.05, 0) is 71.8 Å². The van der Waals surface area contributed by atoms with Crippen LogP contribution in [0, 0.1) is 12.8 Å². The molecular weight excluding hydrogens is 1540 g/mol. The Bertz CT molecular complexity index is 4920. The van der Waals surface area contributed by atoms with E-state index in [1.54, 1.807) is 36.7 Å². The lowest BCUT2D eigenvalue weighted by molar-refractivity contribution is -0.126. The van der Waals surface area contributed by atoms with E-state index >= 15 is 8.78 Å². The second-order valence-corrected chi connectivity index (χ2v) is 42.7. The van der Waals surface area contributed by atoms with E-state index in [0.717, 1.165) is 5.56 Å². The fourth-order valence-electron chi connectivity index (χ4n) is 11.4. The van der Waals surface area contributed by atoms with Gasteiger partial charge in [0.15, 0.2) is 89.3 Å². The van der Waals surface area contributed by atoms with Crippen LogP contribution in [0.3, 0.4) is 0 Å². The molecule has 9 aromatic rings. The van der Waals surface area contributed by atoms with Crippen LogP contribution in [0.2, 0.25) is 10.0 Å². The van der Waals surface area contributed by atoms with Crippen molar-refractivity contribution in [1.29, 1.82) is 0 Å². The van der Waals surface area contributed by atoms with Crippen molar-refractivity contribution in [3.63, 3.8) is 0 Å². The Kier molecular flexibility index (Phi) is 19.7. The maximum Gasteiger partial charge on any atom is 0.325 e. The first-order valence-corrected chi connectivity index (χ1v) is 43.7. The molecule has 48 heteroatoms. The third-order valence-corrected chi connectivity index (χ3v) is 27.6. The monoisotopic (exact) mass is 1590 g/mol. The zero-order valence-corrected chi connectivity index (χ0v) is 60.7. The van der Waals surface area contributed by atoms with E-state index in [9.17, 15) is 19.6 Å². The quantitative estimate of drug-likeness (QED) is 0.0825. The van der Waals surface area contributed by atoms with Gasteiger partial charge in [-0.2, -0.15) is 0 Å². The maximum absolute atomic E-state index is 16.7. The van der Waals surface area contributed by atoms with Gasteiger partial charge in [0.2, 0.25) is 17.1 Å². The molecule has 6 aliphatic rings. The summed E-state index contributed by atoms with van der Waals surface area (Å²) in [4.78, 5) is 78.6. The molecule has 33 nitrogen and oxygen atoms in total. The third kappa shape index (κ3) is 13.6. The van der Waals surface area contributed by atoms with E-state index < -0.39 is 134 Å². The topological polar surface area (TPSA) is 370 Å². The van der Waals surface area contributed by atoms with Gasteiger partial charge in [0.25, 0.3) is 11.1 Å². The van der Waals surface area contributed by atoms with Crippen molar-refractivity contribution in [2.75, 3.05) is 18.9 Å². The second kappa shape index (κ2) is 27.2. The predicted octanol–water partition coefficient (Wildman–Crippen LogP) is 6.63. The summed E-state index contributed by atoms with van der Waals surface area (Å²) < 4.78 is 114. The van der Waals surface area contributed by atoms with Crippen molar-refractivity contribution in [2.24, 2.45) is 20.0 Å². The van der Waals surface area contributed by atoms with Crippen LogP contribution in [-0.2, 0) is 122 Å². The highest BCUT2D eigenvalue weighted by molar-refractivity contribution is 8.67. The summed E-state index contributed by atoms with van der Waals surface area (Å²) in [7, 11) is 3.08. The largest absolute Gasteiger partial charge is 0.385 e. The normalized spacial score (nSPS) is 35.6. The molecular formula is C49H51Cl2F2N17O16P4S7. The smallest absolute Gasteiger partial charge is 0.325 e. The van der Waals surface area contributed by atoms with Crippen LogP contribution in [0.25, 0.3) is 44.7 Å². The highest BCUT2D eigenvalue weighted by Gasteiger charge is 2.57. The molecule has 0 aliphatic carbocycles. The Morgan fingerprint density at radius 1 is 0.619 bits per heavy atom. The SMILES string of the molecule is Cc1ncnc2c1ncn2[C@@H]1O[C@@H]2COP(=S)(SCc3ccc(Cl)cc3Cl)O[C@@H]3[C@H](C)[C@H](O[C@H]3n3cnc4c(=O)n(C)cnc43)OP(=S)(S)O[C@H]2[C@H]1F.Cn1cnc2c(ncn2[C@@H]2O[C@@H]3OP(=S)(S)O[C@H]4[C@@H](F)[C@H](n5cnc6c(N)ncnc65)O[C@@H]4COP(O)(=S)O[C@@H]2[C@@H]3O)c1=O. The summed E-state index contributed by atoms with van der Waals surface area (Å²) in [6.07, 6.45) is -9.58. The second-order valence-electron chi connectivity index (χ2n) is 22.4. The molecule has 6 aliphatic heterocycles. The number of alkyl halides is 2. The number of ether oxygens (including phenoxy) is 4. The van der Waals surface area contributed by atoms with Crippen molar-refractivity contribution >= 4 is 181 Å². The van der Waals surface area contributed by atoms with Gasteiger partial charge >= 0.3 is 6.72 Å². The summed E-state index contributed by atoms with van der Waals surface area (Å²) in [5.41, 5.74) is -2.52. The summed E-state index contributed by atoms with van der Waals surface area (Å²) >= 11 is 45.6. The number of aliphatic hydroxyl groups is 1. The van der Waals surface area contributed by atoms with Gasteiger partial charge in [0, 0.05) is 35.8 Å². The van der Waals surface area contributed by atoms with Crippen molar-refractivity contribution < 1.29 is 73.9 Å². The average molecular weight is 1590 g/mol. The highest BCUT2D eigenvalue weighted by atomic mass is 35.5. The molecule has 20 atom stereocenters. The van der Waals surface area contributed by atoms with Gasteiger partial charge in [0.05, 0.1) is 56.9 Å². The Balaban J connectivity index is 0.000000169. The van der Waals surface area contributed by atoms with Crippen LogP contribution in [0.4, 0.5) is 14.6 Å². The summed E-state index contributed by atoms with van der Waals surface area (Å²) in [6, 6.07) is 5.14. The van der Waals surface area contributed by atoms with E-state index in [4.69, 9.17) is 131 Å². The number of aryl methyl sites for hydroxylation is 3. The Morgan fingerprint density at radius 3 is 1.70 bits per heavy atom. The Morgan fingerprint density at radius 2 is 1.11 bits per heavy atom. The number of nitrogens with two attached hydrogens (primary N) is 1. The fraction of sp³-hybridized carbons (Fsp3) is 0.469. The molecule has 6 saturated heterocycles. The number of halogens is 4. The molecule has 15 rings (SSSR count). The van der Waals surface area contributed by atoms with Gasteiger partial charge in [0.1, 0.15) is 66.4 Å². The number of hydrogen-bond acceptors (Lipinski definition) is 31. The van der Waals surface area contributed by atoms with Crippen LogP contribution in [0.5, 0.6) is 0 Å². The minimum absolute atomic E-state index is 0.00443.